The van der Waals surface area contributed by atoms with Gasteiger partial charge in [0.05, 0.1) is 11.8 Å². The van der Waals surface area contributed by atoms with Gasteiger partial charge in [0.25, 0.3) is 11.8 Å². The Bertz CT molecular complexity index is 1480. The van der Waals surface area contributed by atoms with Crippen LogP contribution in [0.3, 0.4) is 0 Å². The number of hydrogen-bond acceptors (Lipinski definition) is 7. The second kappa shape index (κ2) is 10.7. The summed E-state index contributed by atoms with van der Waals surface area (Å²) >= 11 is 1.54. The lowest BCUT2D eigenvalue weighted by molar-refractivity contribution is 0.0692. The molecule has 3 aromatic heterocycles. The van der Waals surface area contributed by atoms with Gasteiger partial charge in [-0.2, -0.15) is 5.10 Å². The van der Waals surface area contributed by atoms with Crippen LogP contribution in [0.15, 0.2) is 48.1 Å². The van der Waals surface area contributed by atoms with E-state index in [0.717, 1.165) is 10.4 Å². The Morgan fingerprint density at radius 3 is 2.54 bits per heavy atom. The van der Waals surface area contributed by atoms with Crippen molar-refractivity contribution in [3.05, 3.63) is 65.2 Å². The molecule has 0 unspecified atom stereocenters. The highest BCUT2D eigenvalue weighted by atomic mass is 32.1. The third-order valence-electron chi connectivity index (χ3n) is 7.20. The molecule has 204 valence electrons. The molecule has 0 radical (unpaired) electrons. The third kappa shape index (κ3) is 5.93. The van der Waals surface area contributed by atoms with E-state index in [9.17, 15) is 14.0 Å². The van der Waals surface area contributed by atoms with Crippen molar-refractivity contribution in [1.82, 2.24) is 29.8 Å². The van der Waals surface area contributed by atoms with Gasteiger partial charge in [-0.3, -0.25) is 9.59 Å². The molecule has 2 amide bonds. The van der Waals surface area contributed by atoms with E-state index < -0.39 is 0 Å². The average molecular weight is 550 g/mol. The molecule has 4 heterocycles. The molecule has 1 fully saturated rings. The molecule has 9 nitrogen and oxygen atoms in total. The third-order valence-corrected chi connectivity index (χ3v) is 8.09. The van der Waals surface area contributed by atoms with Gasteiger partial charge < -0.3 is 15.5 Å². The van der Waals surface area contributed by atoms with Crippen LogP contribution >= 0.6 is 11.3 Å². The maximum atomic E-state index is 13.6. The standard InChI is InChI=1S/C28H32FN7O2S/c1-17(28(2,3)4)31-23-15-22(33-24(34-23)21-16-30-36-13-14-39-27(21)36)26(38)35-11-9-20(10-12-35)32-25(37)18-5-7-19(29)8-6-18/h5-8,13-17,20H,9-12H2,1-4H3,(H,32,37)(H,31,33,34)/t17-/m1/s1. The Labute approximate surface area is 230 Å². The van der Waals surface area contributed by atoms with Gasteiger partial charge in [0.2, 0.25) is 0 Å². The molecule has 1 atom stereocenters. The zero-order valence-corrected chi connectivity index (χ0v) is 23.3. The minimum atomic E-state index is -0.384. The molecule has 5 rings (SSSR count). The van der Waals surface area contributed by atoms with Crippen LogP contribution in [-0.4, -0.2) is 61.5 Å². The van der Waals surface area contributed by atoms with Crippen molar-refractivity contribution in [3.8, 4) is 11.4 Å². The number of nitrogens with zero attached hydrogens (tertiary/aromatic N) is 5. The zero-order chi connectivity index (χ0) is 27.7. The second-order valence-corrected chi connectivity index (χ2v) is 11.8. The number of anilines is 1. The first-order chi connectivity index (χ1) is 18.6. The first kappa shape index (κ1) is 26.7. The average Bonchev–Trinajstić information content (AvgIpc) is 3.53. The number of halogens is 1. The fraction of sp³-hybridized carbons (Fsp3) is 0.393. The monoisotopic (exact) mass is 549 g/mol. The summed E-state index contributed by atoms with van der Waals surface area (Å²) in [4.78, 5) is 38.3. The second-order valence-electron chi connectivity index (χ2n) is 11.0. The van der Waals surface area contributed by atoms with Crippen LogP contribution in [0, 0.1) is 11.2 Å². The van der Waals surface area contributed by atoms with Gasteiger partial charge in [-0.05, 0) is 49.4 Å². The molecule has 1 aliphatic heterocycles. The van der Waals surface area contributed by atoms with Crippen molar-refractivity contribution >= 4 is 33.8 Å². The molecule has 0 spiro atoms. The number of carbonyl (C=O) groups is 2. The van der Waals surface area contributed by atoms with E-state index in [1.165, 1.54) is 35.6 Å². The smallest absolute Gasteiger partial charge is 0.272 e. The van der Waals surface area contributed by atoms with Crippen LogP contribution < -0.4 is 10.6 Å². The summed E-state index contributed by atoms with van der Waals surface area (Å²) in [7, 11) is 0. The normalized spacial score (nSPS) is 15.4. The van der Waals surface area contributed by atoms with Gasteiger partial charge in [0.1, 0.15) is 22.2 Å². The maximum Gasteiger partial charge on any atom is 0.272 e. The van der Waals surface area contributed by atoms with Gasteiger partial charge in [-0.1, -0.05) is 20.8 Å². The number of piperidine rings is 1. The van der Waals surface area contributed by atoms with Crippen molar-refractivity contribution in [1.29, 1.82) is 0 Å². The van der Waals surface area contributed by atoms with E-state index in [1.54, 1.807) is 21.7 Å². The van der Waals surface area contributed by atoms with Crippen LogP contribution in [0.1, 0.15) is 61.4 Å². The molecule has 39 heavy (non-hydrogen) atoms. The number of carbonyl (C=O) groups excluding carboxylic acids is 2. The Kier molecular flexibility index (Phi) is 7.35. The number of hydrogen-bond donors (Lipinski definition) is 2. The molecule has 0 aliphatic carbocycles. The summed E-state index contributed by atoms with van der Waals surface area (Å²) < 4.78 is 15.0. The summed E-state index contributed by atoms with van der Waals surface area (Å²) in [6, 6.07) is 7.20. The quantitative estimate of drug-likeness (QED) is 0.356. The highest BCUT2D eigenvalue weighted by Crippen LogP contribution is 2.28. The zero-order valence-electron chi connectivity index (χ0n) is 22.4. The maximum absolute atomic E-state index is 13.6. The molecule has 1 saturated heterocycles. The molecule has 4 aromatic rings. The van der Waals surface area contributed by atoms with Gasteiger partial charge >= 0.3 is 0 Å². The predicted molar refractivity (Wildman–Crippen MR) is 149 cm³/mol. The summed E-state index contributed by atoms with van der Waals surface area (Å²) in [6.07, 6.45) is 4.82. The summed E-state index contributed by atoms with van der Waals surface area (Å²) in [5, 5.41) is 12.8. The molecular formula is C28H32FN7O2S. The fourth-order valence-corrected chi connectivity index (χ4v) is 5.12. The lowest BCUT2D eigenvalue weighted by Gasteiger charge is -2.32. The molecule has 1 aromatic carbocycles. The van der Waals surface area contributed by atoms with Crippen molar-refractivity contribution in [2.45, 2.75) is 52.6 Å². The Morgan fingerprint density at radius 1 is 1.13 bits per heavy atom. The molecule has 0 bridgehead atoms. The predicted octanol–water partition coefficient (Wildman–Crippen LogP) is 4.87. The fourth-order valence-electron chi connectivity index (χ4n) is 4.33. The Morgan fingerprint density at radius 2 is 1.85 bits per heavy atom. The van der Waals surface area contributed by atoms with Crippen molar-refractivity contribution < 1.29 is 14.0 Å². The topological polar surface area (TPSA) is 105 Å². The lowest BCUT2D eigenvalue weighted by Crippen LogP contribution is -2.46. The number of fused-ring (bicyclic) bond motifs is 1. The van der Waals surface area contributed by atoms with Gasteiger partial charge in [0, 0.05) is 48.4 Å². The van der Waals surface area contributed by atoms with E-state index in [2.05, 4.69) is 48.4 Å². The summed E-state index contributed by atoms with van der Waals surface area (Å²) in [5.41, 5.74) is 1.48. The lowest BCUT2D eigenvalue weighted by atomic mass is 9.88. The highest BCUT2D eigenvalue weighted by Gasteiger charge is 2.28. The van der Waals surface area contributed by atoms with E-state index in [1.807, 2.05) is 11.6 Å². The van der Waals surface area contributed by atoms with E-state index in [0.29, 0.717) is 48.8 Å². The SMILES string of the molecule is C[C@@H](Nc1cc(C(=O)N2CCC(NC(=O)c3ccc(F)cc3)CC2)nc(-c2cnn3ccsc23)n1)C(C)(C)C. The van der Waals surface area contributed by atoms with E-state index >= 15 is 0 Å². The Balaban J connectivity index is 1.33. The number of benzene rings is 1. The van der Waals surface area contributed by atoms with Gasteiger partial charge in [-0.25, -0.2) is 18.9 Å². The largest absolute Gasteiger partial charge is 0.367 e. The van der Waals surface area contributed by atoms with Crippen LogP contribution in [0.4, 0.5) is 10.2 Å². The van der Waals surface area contributed by atoms with Gasteiger partial charge in [0.15, 0.2) is 5.82 Å². The van der Waals surface area contributed by atoms with Gasteiger partial charge in [-0.15, -0.1) is 11.3 Å². The van der Waals surface area contributed by atoms with Crippen molar-refractivity contribution in [2.24, 2.45) is 5.41 Å². The molecular weight excluding hydrogens is 517 g/mol. The van der Waals surface area contributed by atoms with Crippen molar-refractivity contribution in [3.63, 3.8) is 0 Å². The first-order valence-electron chi connectivity index (χ1n) is 13.0. The summed E-state index contributed by atoms with van der Waals surface area (Å²) in [5.74, 6) is 0.227. The number of nitrogens with one attached hydrogen (secondary N) is 2. The Hall–Kier alpha value is -3.86. The number of rotatable bonds is 6. The first-order valence-corrected chi connectivity index (χ1v) is 13.9. The van der Waals surface area contributed by atoms with Crippen LogP contribution in [0.25, 0.3) is 16.2 Å². The van der Waals surface area contributed by atoms with E-state index in [-0.39, 0.29) is 35.1 Å². The number of thiazole rings is 1. The number of aromatic nitrogens is 4. The summed E-state index contributed by atoms with van der Waals surface area (Å²) in [6.45, 7) is 9.49. The van der Waals surface area contributed by atoms with Crippen LogP contribution in [-0.2, 0) is 0 Å². The number of amides is 2. The molecule has 2 N–H and O–H groups in total. The van der Waals surface area contributed by atoms with E-state index in [4.69, 9.17) is 4.98 Å². The number of likely N-dealkylation sites (tertiary alicyclic amines) is 1. The minimum absolute atomic E-state index is 0.0196. The molecule has 0 saturated carbocycles. The van der Waals surface area contributed by atoms with Crippen LogP contribution in [0.2, 0.25) is 0 Å². The molecule has 1 aliphatic rings. The minimum Gasteiger partial charge on any atom is -0.367 e. The highest BCUT2D eigenvalue weighted by molar-refractivity contribution is 7.16. The molecule has 11 heteroatoms. The van der Waals surface area contributed by atoms with Crippen LogP contribution in [0.5, 0.6) is 0 Å². The van der Waals surface area contributed by atoms with Crippen molar-refractivity contribution in [2.75, 3.05) is 18.4 Å².